The average Bonchev–Trinajstić information content (AvgIpc) is 2.81. The van der Waals surface area contributed by atoms with E-state index >= 15 is 0 Å². The highest BCUT2D eigenvalue weighted by molar-refractivity contribution is 5.08. The van der Waals surface area contributed by atoms with Crippen molar-refractivity contribution in [1.82, 2.24) is 9.78 Å². The molecule has 0 radical (unpaired) electrons. The van der Waals surface area contributed by atoms with Crippen LogP contribution in [0, 0.1) is 6.92 Å². The molecule has 1 heterocycles. The van der Waals surface area contributed by atoms with Gasteiger partial charge in [-0.15, -0.1) is 0 Å². The van der Waals surface area contributed by atoms with Crippen molar-refractivity contribution in [2.24, 2.45) is 5.73 Å². The van der Waals surface area contributed by atoms with E-state index in [0.717, 1.165) is 30.8 Å². The minimum absolute atomic E-state index is 0.221. The molecule has 0 amide bonds. The van der Waals surface area contributed by atoms with Gasteiger partial charge in [-0.25, -0.2) is 0 Å². The molecule has 1 saturated carbocycles. The zero-order chi connectivity index (χ0) is 11.5. The van der Waals surface area contributed by atoms with E-state index in [4.69, 9.17) is 10.5 Å². The van der Waals surface area contributed by atoms with Gasteiger partial charge in [0.1, 0.15) is 0 Å². The predicted octanol–water partition coefficient (Wildman–Crippen LogP) is 1.61. The van der Waals surface area contributed by atoms with Crippen LogP contribution >= 0.6 is 0 Å². The first-order valence-corrected chi connectivity index (χ1v) is 6.11. The van der Waals surface area contributed by atoms with Crippen molar-refractivity contribution in [1.29, 1.82) is 0 Å². The second kappa shape index (κ2) is 4.97. The Morgan fingerprint density at radius 3 is 3.00 bits per heavy atom. The molecule has 0 aliphatic heterocycles. The molecule has 1 aliphatic carbocycles. The Labute approximate surface area is 96.8 Å². The molecule has 2 atom stereocenters. The largest absolute Gasteiger partial charge is 0.370 e. The van der Waals surface area contributed by atoms with Crippen LogP contribution in [-0.2, 0) is 17.9 Å². The van der Waals surface area contributed by atoms with E-state index in [0.29, 0.717) is 6.61 Å². The Kier molecular flexibility index (Phi) is 3.61. The van der Waals surface area contributed by atoms with Crippen LogP contribution in [-0.4, -0.2) is 21.9 Å². The SMILES string of the molecule is CCn1nc(C)cc1COC1CCCC1N. The van der Waals surface area contributed by atoms with Gasteiger partial charge in [0.25, 0.3) is 0 Å². The second-order valence-electron chi connectivity index (χ2n) is 4.54. The summed E-state index contributed by atoms with van der Waals surface area (Å²) in [5, 5.41) is 4.40. The number of ether oxygens (including phenoxy) is 1. The first-order chi connectivity index (χ1) is 7.70. The lowest BCUT2D eigenvalue weighted by Gasteiger charge is -2.16. The highest BCUT2D eigenvalue weighted by atomic mass is 16.5. The van der Waals surface area contributed by atoms with E-state index in [2.05, 4.69) is 18.1 Å². The molecule has 0 spiro atoms. The van der Waals surface area contributed by atoms with Crippen LogP contribution in [0.2, 0.25) is 0 Å². The highest BCUT2D eigenvalue weighted by Crippen LogP contribution is 2.21. The summed E-state index contributed by atoms with van der Waals surface area (Å²) >= 11 is 0. The van der Waals surface area contributed by atoms with E-state index in [1.54, 1.807) is 0 Å². The van der Waals surface area contributed by atoms with E-state index in [1.165, 1.54) is 6.42 Å². The van der Waals surface area contributed by atoms with E-state index in [-0.39, 0.29) is 12.1 Å². The van der Waals surface area contributed by atoms with Crippen molar-refractivity contribution < 1.29 is 4.74 Å². The maximum absolute atomic E-state index is 5.97. The fourth-order valence-electron chi connectivity index (χ4n) is 2.34. The van der Waals surface area contributed by atoms with Crippen molar-refractivity contribution in [3.8, 4) is 0 Å². The Morgan fingerprint density at radius 2 is 2.38 bits per heavy atom. The molecule has 2 rings (SSSR count). The summed E-state index contributed by atoms with van der Waals surface area (Å²) in [4.78, 5) is 0. The summed E-state index contributed by atoms with van der Waals surface area (Å²) in [6, 6.07) is 2.31. The van der Waals surface area contributed by atoms with Gasteiger partial charge in [0, 0.05) is 12.6 Å². The Hall–Kier alpha value is -0.870. The third-order valence-electron chi connectivity index (χ3n) is 3.23. The molecule has 16 heavy (non-hydrogen) atoms. The van der Waals surface area contributed by atoms with Crippen molar-refractivity contribution in [2.45, 2.75) is 58.4 Å². The minimum Gasteiger partial charge on any atom is -0.370 e. The number of rotatable bonds is 4. The lowest BCUT2D eigenvalue weighted by atomic mass is 10.2. The van der Waals surface area contributed by atoms with Crippen LogP contribution in [0.3, 0.4) is 0 Å². The van der Waals surface area contributed by atoms with Crippen molar-refractivity contribution in [3.63, 3.8) is 0 Å². The van der Waals surface area contributed by atoms with Gasteiger partial charge in [0.2, 0.25) is 0 Å². The standard InChI is InChI=1S/C12H21N3O/c1-3-15-10(7-9(2)14-15)8-16-12-6-4-5-11(12)13/h7,11-12H,3-6,8,13H2,1-2H3. The number of nitrogens with two attached hydrogens (primary N) is 1. The Balaban J connectivity index is 1.93. The molecule has 4 nitrogen and oxygen atoms in total. The second-order valence-corrected chi connectivity index (χ2v) is 4.54. The molecule has 1 aromatic rings. The normalized spacial score (nSPS) is 25.2. The van der Waals surface area contributed by atoms with Crippen LogP contribution in [0.4, 0.5) is 0 Å². The van der Waals surface area contributed by atoms with Gasteiger partial charge in [0.15, 0.2) is 0 Å². The number of hydrogen-bond donors (Lipinski definition) is 1. The van der Waals surface area contributed by atoms with Gasteiger partial charge in [0.05, 0.1) is 24.1 Å². The van der Waals surface area contributed by atoms with Crippen LogP contribution < -0.4 is 5.73 Å². The molecule has 0 saturated heterocycles. The molecule has 1 aromatic heterocycles. The van der Waals surface area contributed by atoms with Gasteiger partial charge in [-0.2, -0.15) is 5.10 Å². The van der Waals surface area contributed by atoms with Crippen LogP contribution in [0.1, 0.15) is 37.6 Å². The maximum Gasteiger partial charge on any atom is 0.0889 e. The van der Waals surface area contributed by atoms with Crippen molar-refractivity contribution in [2.75, 3.05) is 0 Å². The summed E-state index contributed by atoms with van der Waals surface area (Å²) < 4.78 is 7.87. The summed E-state index contributed by atoms with van der Waals surface area (Å²) in [5.41, 5.74) is 8.18. The predicted molar refractivity (Wildman–Crippen MR) is 63.0 cm³/mol. The number of nitrogens with zero attached hydrogens (tertiary/aromatic N) is 2. The summed E-state index contributed by atoms with van der Waals surface area (Å²) in [6.07, 6.45) is 3.62. The molecule has 2 unspecified atom stereocenters. The smallest absolute Gasteiger partial charge is 0.0889 e. The first kappa shape index (κ1) is 11.6. The third-order valence-corrected chi connectivity index (χ3v) is 3.23. The van der Waals surface area contributed by atoms with Gasteiger partial charge in [-0.05, 0) is 39.2 Å². The third kappa shape index (κ3) is 2.44. The van der Waals surface area contributed by atoms with Crippen LogP contribution in [0.25, 0.3) is 0 Å². The molecule has 2 N–H and O–H groups in total. The summed E-state index contributed by atoms with van der Waals surface area (Å²) in [5.74, 6) is 0. The van der Waals surface area contributed by atoms with Gasteiger partial charge in [-0.3, -0.25) is 4.68 Å². The van der Waals surface area contributed by atoms with Crippen molar-refractivity contribution in [3.05, 3.63) is 17.5 Å². The molecular weight excluding hydrogens is 202 g/mol. The molecule has 1 fully saturated rings. The van der Waals surface area contributed by atoms with Gasteiger partial charge in [-0.1, -0.05) is 0 Å². The molecule has 1 aliphatic rings. The lowest BCUT2D eigenvalue weighted by molar-refractivity contribution is 0.0320. The Morgan fingerprint density at radius 1 is 1.56 bits per heavy atom. The number of aryl methyl sites for hydroxylation is 2. The monoisotopic (exact) mass is 223 g/mol. The zero-order valence-electron chi connectivity index (χ0n) is 10.1. The lowest BCUT2D eigenvalue weighted by Crippen LogP contribution is -2.31. The van der Waals surface area contributed by atoms with Crippen LogP contribution in [0.5, 0.6) is 0 Å². The quantitative estimate of drug-likeness (QED) is 0.843. The van der Waals surface area contributed by atoms with Crippen LogP contribution in [0.15, 0.2) is 6.07 Å². The molecule has 90 valence electrons. The fraction of sp³-hybridized carbons (Fsp3) is 0.750. The van der Waals surface area contributed by atoms with E-state index < -0.39 is 0 Å². The van der Waals surface area contributed by atoms with Crippen molar-refractivity contribution >= 4 is 0 Å². The van der Waals surface area contributed by atoms with Gasteiger partial charge >= 0.3 is 0 Å². The van der Waals surface area contributed by atoms with E-state index in [9.17, 15) is 0 Å². The summed E-state index contributed by atoms with van der Waals surface area (Å²) in [6.45, 7) is 5.63. The number of hydrogen-bond acceptors (Lipinski definition) is 3. The molecule has 0 bridgehead atoms. The molecule has 4 heteroatoms. The topological polar surface area (TPSA) is 53.1 Å². The molecule has 0 aromatic carbocycles. The minimum atomic E-state index is 0.221. The molecular formula is C12H21N3O. The Bertz CT molecular complexity index is 348. The van der Waals surface area contributed by atoms with E-state index in [1.807, 2.05) is 11.6 Å². The zero-order valence-corrected chi connectivity index (χ0v) is 10.1. The summed E-state index contributed by atoms with van der Waals surface area (Å²) in [7, 11) is 0. The average molecular weight is 223 g/mol. The first-order valence-electron chi connectivity index (χ1n) is 6.11. The van der Waals surface area contributed by atoms with Gasteiger partial charge < -0.3 is 10.5 Å². The highest BCUT2D eigenvalue weighted by Gasteiger charge is 2.24. The fourth-order valence-corrected chi connectivity index (χ4v) is 2.34. The maximum atomic E-state index is 5.97. The number of aromatic nitrogens is 2.